The molecule has 0 bridgehead atoms. The molecule has 2 aromatic rings. The average molecular weight is 463 g/mol. The smallest absolute Gasteiger partial charge is 0.309 e. The van der Waals surface area contributed by atoms with Gasteiger partial charge in [-0.25, -0.2) is 12.8 Å². The largest absolute Gasteiger partial charge is 0.486 e. The topological polar surface area (TPSA) is 99.2 Å². The molecule has 2 heterocycles. The standard InChI is InChI=1S/C22H22FNO7S/c23-17-3-1-15(2-4-17)19(25)14-31-22(26)16-7-9-24(10-8-16)32(27,28)18-5-6-20-21(13-18)30-12-11-29-20/h1-6,13,16H,7-12,14H2. The molecule has 4 rings (SSSR count). The summed E-state index contributed by atoms with van der Waals surface area (Å²) in [6.45, 7) is 0.636. The normalized spacial score (nSPS) is 17.0. The third kappa shape index (κ3) is 4.76. The molecule has 1 fully saturated rings. The number of hydrogen-bond donors (Lipinski definition) is 0. The van der Waals surface area contributed by atoms with E-state index < -0.39 is 40.1 Å². The molecule has 0 saturated carbocycles. The highest BCUT2D eigenvalue weighted by molar-refractivity contribution is 7.89. The van der Waals surface area contributed by atoms with E-state index in [0.717, 1.165) is 12.1 Å². The first kappa shape index (κ1) is 22.2. The van der Waals surface area contributed by atoms with Crippen molar-refractivity contribution in [2.24, 2.45) is 5.92 Å². The van der Waals surface area contributed by atoms with Crippen LogP contribution in [-0.2, 0) is 19.6 Å². The minimum atomic E-state index is -3.75. The van der Waals surface area contributed by atoms with Gasteiger partial charge in [0, 0.05) is 24.7 Å². The third-order valence-corrected chi connectivity index (χ3v) is 7.35. The molecule has 32 heavy (non-hydrogen) atoms. The zero-order valence-corrected chi connectivity index (χ0v) is 18.0. The van der Waals surface area contributed by atoms with E-state index in [1.54, 1.807) is 6.07 Å². The van der Waals surface area contributed by atoms with Crippen LogP contribution >= 0.6 is 0 Å². The summed E-state index contributed by atoms with van der Waals surface area (Å²) in [5, 5.41) is 0. The van der Waals surface area contributed by atoms with Crippen molar-refractivity contribution in [2.75, 3.05) is 32.9 Å². The van der Waals surface area contributed by atoms with Crippen molar-refractivity contribution in [3.63, 3.8) is 0 Å². The van der Waals surface area contributed by atoms with Crippen molar-refractivity contribution >= 4 is 21.8 Å². The Bertz CT molecular complexity index is 1110. The van der Waals surface area contributed by atoms with Crippen LogP contribution in [0.2, 0.25) is 0 Å². The Kier molecular flexibility index (Phi) is 6.43. The number of sulfonamides is 1. The highest BCUT2D eigenvalue weighted by Gasteiger charge is 2.33. The van der Waals surface area contributed by atoms with E-state index in [1.165, 1.54) is 28.6 Å². The number of carbonyl (C=O) groups excluding carboxylic acids is 2. The van der Waals surface area contributed by atoms with Gasteiger partial charge in [-0.3, -0.25) is 9.59 Å². The van der Waals surface area contributed by atoms with Crippen LogP contribution in [-0.4, -0.2) is 57.4 Å². The highest BCUT2D eigenvalue weighted by atomic mass is 32.2. The minimum absolute atomic E-state index is 0.104. The summed E-state index contributed by atoms with van der Waals surface area (Å²) < 4.78 is 56.3. The number of Topliss-reactive ketones (excluding diaryl/α,β-unsaturated/α-hetero) is 1. The summed E-state index contributed by atoms with van der Waals surface area (Å²) in [5.41, 5.74) is 0.250. The van der Waals surface area contributed by atoms with Gasteiger partial charge in [-0.1, -0.05) is 0 Å². The Morgan fingerprint density at radius 2 is 1.66 bits per heavy atom. The van der Waals surface area contributed by atoms with Crippen LogP contribution in [0.4, 0.5) is 4.39 Å². The monoisotopic (exact) mass is 463 g/mol. The van der Waals surface area contributed by atoms with E-state index in [1.807, 2.05) is 0 Å². The zero-order chi connectivity index (χ0) is 22.7. The number of fused-ring (bicyclic) bond motifs is 1. The second-order valence-corrected chi connectivity index (χ2v) is 9.46. The number of benzene rings is 2. The number of rotatable bonds is 6. The van der Waals surface area contributed by atoms with Crippen LogP contribution in [0.15, 0.2) is 47.4 Å². The molecule has 2 aliphatic heterocycles. The molecular weight excluding hydrogens is 441 g/mol. The van der Waals surface area contributed by atoms with Crippen LogP contribution < -0.4 is 9.47 Å². The zero-order valence-electron chi connectivity index (χ0n) is 17.2. The molecule has 0 amide bonds. The molecular formula is C22H22FNO7S. The second kappa shape index (κ2) is 9.25. The predicted octanol–water partition coefficient (Wildman–Crippen LogP) is 2.42. The number of hydrogen-bond acceptors (Lipinski definition) is 7. The Morgan fingerprint density at radius 1 is 1.00 bits per heavy atom. The van der Waals surface area contributed by atoms with Crippen LogP contribution in [0.1, 0.15) is 23.2 Å². The summed E-state index contributed by atoms with van der Waals surface area (Å²) in [6.07, 6.45) is 0.570. The van der Waals surface area contributed by atoms with Gasteiger partial charge >= 0.3 is 5.97 Å². The lowest BCUT2D eigenvalue weighted by molar-refractivity contribution is -0.148. The Labute approximate surface area is 184 Å². The number of nitrogens with zero attached hydrogens (tertiary/aromatic N) is 1. The summed E-state index contributed by atoms with van der Waals surface area (Å²) in [7, 11) is -3.75. The molecule has 8 nitrogen and oxygen atoms in total. The molecule has 0 spiro atoms. The molecule has 10 heteroatoms. The van der Waals surface area contributed by atoms with Crippen molar-refractivity contribution in [3.05, 3.63) is 53.8 Å². The number of carbonyl (C=O) groups is 2. The molecule has 0 N–H and O–H groups in total. The molecule has 0 unspecified atom stereocenters. The van der Waals surface area contributed by atoms with Gasteiger partial charge in [0.05, 0.1) is 10.8 Å². The fourth-order valence-corrected chi connectivity index (χ4v) is 5.12. The average Bonchev–Trinajstić information content (AvgIpc) is 2.82. The van der Waals surface area contributed by atoms with E-state index in [2.05, 4.69) is 0 Å². The maximum Gasteiger partial charge on any atom is 0.309 e. The first-order valence-corrected chi connectivity index (χ1v) is 11.6. The maximum absolute atomic E-state index is 13.0. The van der Waals surface area contributed by atoms with E-state index in [4.69, 9.17) is 14.2 Å². The second-order valence-electron chi connectivity index (χ2n) is 7.52. The summed E-state index contributed by atoms with van der Waals surface area (Å²) in [5.74, 6) is -1.04. The fourth-order valence-electron chi connectivity index (χ4n) is 3.64. The maximum atomic E-state index is 13.0. The Hall–Kier alpha value is -2.98. The Balaban J connectivity index is 1.31. The lowest BCUT2D eigenvalue weighted by Crippen LogP contribution is -2.40. The van der Waals surface area contributed by atoms with Crippen LogP contribution in [0, 0.1) is 11.7 Å². The quantitative estimate of drug-likeness (QED) is 0.479. The van der Waals surface area contributed by atoms with E-state index in [9.17, 15) is 22.4 Å². The molecule has 1 saturated heterocycles. The highest BCUT2D eigenvalue weighted by Crippen LogP contribution is 2.34. The lowest BCUT2D eigenvalue weighted by Gasteiger charge is -2.30. The van der Waals surface area contributed by atoms with E-state index in [0.29, 0.717) is 24.7 Å². The van der Waals surface area contributed by atoms with Crippen molar-refractivity contribution in [2.45, 2.75) is 17.7 Å². The number of halogens is 1. The molecule has 0 atom stereocenters. The van der Waals surface area contributed by atoms with Gasteiger partial charge < -0.3 is 14.2 Å². The van der Waals surface area contributed by atoms with Gasteiger partial charge in [0.1, 0.15) is 19.0 Å². The number of ketones is 1. The van der Waals surface area contributed by atoms with Gasteiger partial charge in [-0.2, -0.15) is 4.31 Å². The summed E-state index contributed by atoms with van der Waals surface area (Å²) >= 11 is 0. The first-order valence-electron chi connectivity index (χ1n) is 10.2. The van der Waals surface area contributed by atoms with Gasteiger partial charge in [0.15, 0.2) is 23.9 Å². The van der Waals surface area contributed by atoms with Gasteiger partial charge in [0.25, 0.3) is 0 Å². The van der Waals surface area contributed by atoms with E-state index >= 15 is 0 Å². The molecule has 2 aliphatic rings. The molecule has 170 valence electrons. The van der Waals surface area contributed by atoms with Gasteiger partial charge in [-0.05, 0) is 49.2 Å². The summed E-state index contributed by atoms with van der Waals surface area (Å²) in [6, 6.07) is 9.47. The predicted molar refractivity (Wildman–Crippen MR) is 111 cm³/mol. The van der Waals surface area contributed by atoms with Crippen molar-refractivity contribution in [1.29, 1.82) is 0 Å². The van der Waals surface area contributed by atoms with Crippen LogP contribution in [0.5, 0.6) is 11.5 Å². The fraction of sp³-hybridized carbons (Fsp3) is 0.364. The van der Waals surface area contributed by atoms with Crippen LogP contribution in [0.3, 0.4) is 0 Å². The van der Waals surface area contributed by atoms with Crippen molar-refractivity contribution in [1.82, 2.24) is 4.31 Å². The SMILES string of the molecule is O=C(COC(=O)C1CCN(S(=O)(=O)c2ccc3c(c2)OCCO3)CC1)c1ccc(F)cc1. The van der Waals surface area contributed by atoms with Gasteiger partial charge in [-0.15, -0.1) is 0 Å². The molecule has 0 aromatic heterocycles. The number of ether oxygens (including phenoxy) is 3. The minimum Gasteiger partial charge on any atom is -0.486 e. The number of esters is 1. The third-order valence-electron chi connectivity index (χ3n) is 5.45. The molecule has 0 radical (unpaired) electrons. The lowest BCUT2D eigenvalue weighted by atomic mass is 9.98. The summed E-state index contributed by atoms with van der Waals surface area (Å²) in [4.78, 5) is 24.5. The van der Waals surface area contributed by atoms with Crippen molar-refractivity contribution in [3.8, 4) is 11.5 Å². The molecule has 0 aliphatic carbocycles. The Morgan fingerprint density at radius 3 is 2.34 bits per heavy atom. The number of piperidine rings is 1. The van der Waals surface area contributed by atoms with E-state index in [-0.39, 0.29) is 36.4 Å². The molecule has 2 aromatic carbocycles. The first-order chi connectivity index (χ1) is 15.3. The van der Waals surface area contributed by atoms with Gasteiger partial charge in [0.2, 0.25) is 10.0 Å². The van der Waals surface area contributed by atoms with Crippen LogP contribution in [0.25, 0.3) is 0 Å². The van der Waals surface area contributed by atoms with Crippen molar-refractivity contribution < 1.29 is 36.6 Å².